The summed E-state index contributed by atoms with van der Waals surface area (Å²) in [5.41, 5.74) is 2.40. The molecule has 0 aliphatic heterocycles. The van der Waals surface area contributed by atoms with Gasteiger partial charge in [0.2, 0.25) is 0 Å². The maximum absolute atomic E-state index is 4.32. The van der Waals surface area contributed by atoms with Gasteiger partial charge in [0.25, 0.3) is 0 Å². The molecule has 0 bridgehead atoms. The maximum atomic E-state index is 4.32. The minimum absolute atomic E-state index is 0.464. The lowest BCUT2D eigenvalue weighted by Gasteiger charge is -2.24. The fraction of sp³-hybridized carbons (Fsp3) is 0.727. The molecule has 0 saturated carbocycles. The highest BCUT2D eigenvalue weighted by molar-refractivity contribution is 5.10. The molecular formula is C11H21N3. The Bertz CT molecular complexity index is 287. The molecular weight excluding hydrogens is 174 g/mol. The van der Waals surface area contributed by atoms with Crippen molar-refractivity contribution in [3.05, 3.63) is 17.7 Å². The molecule has 0 aliphatic carbocycles. The van der Waals surface area contributed by atoms with Gasteiger partial charge in [-0.1, -0.05) is 6.92 Å². The van der Waals surface area contributed by atoms with E-state index in [0.29, 0.717) is 12.1 Å². The number of imidazole rings is 1. The molecule has 0 fully saturated rings. The molecule has 0 saturated heterocycles. The fourth-order valence-corrected chi connectivity index (χ4v) is 1.91. The minimum atomic E-state index is 0.464. The van der Waals surface area contributed by atoms with Crippen LogP contribution in [0, 0.1) is 13.8 Å². The van der Waals surface area contributed by atoms with E-state index in [1.807, 2.05) is 13.4 Å². The van der Waals surface area contributed by atoms with Gasteiger partial charge in [-0.2, -0.15) is 0 Å². The number of aryl methyl sites for hydroxylation is 1. The number of hydrogen-bond donors (Lipinski definition) is 1. The second-order valence-corrected chi connectivity index (χ2v) is 3.87. The third-order valence-corrected chi connectivity index (χ3v) is 3.12. The van der Waals surface area contributed by atoms with Gasteiger partial charge >= 0.3 is 0 Å². The fourth-order valence-electron chi connectivity index (χ4n) is 1.91. The first-order valence-corrected chi connectivity index (χ1v) is 5.29. The van der Waals surface area contributed by atoms with Gasteiger partial charge in [-0.3, -0.25) is 0 Å². The Hall–Kier alpha value is -0.830. The van der Waals surface area contributed by atoms with Gasteiger partial charge in [-0.25, -0.2) is 4.98 Å². The number of likely N-dealkylation sites (N-methyl/N-ethyl adjacent to an activating group) is 1. The molecule has 3 nitrogen and oxygen atoms in total. The van der Waals surface area contributed by atoms with E-state index in [4.69, 9.17) is 0 Å². The Morgan fingerprint density at radius 1 is 1.50 bits per heavy atom. The van der Waals surface area contributed by atoms with Crippen LogP contribution < -0.4 is 5.32 Å². The second kappa shape index (κ2) is 4.60. The quantitative estimate of drug-likeness (QED) is 0.797. The van der Waals surface area contributed by atoms with E-state index >= 15 is 0 Å². The van der Waals surface area contributed by atoms with Crippen molar-refractivity contribution in [2.75, 3.05) is 7.05 Å². The Labute approximate surface area is 86.5 Å². The van der Waals surface area contributed by atoms with Crippen LogP contribution in [0.1, 0.15) is 37.7 Å². The van der Waals surface area contributed by atoms with Crippen LogP contribution in [0.3, 0.4) is 0 Å². The third-order valence-electron chi connectivity index (χ3n) is 3.12. The van der Waals surface area contributed by atoms with Crippen LogP contribution in [0.4, 0.5) is 0 Å². The van der Waals surface area contributed by atoms with Gasteiger partial charge in [0.15, 0.2) is 0 Å². The van der Waals surface area contributed by atoms with Crippen molar-refractivity contribution in [2.24, 2.45) is 0 Å². The summed E-state index contributed by atoms with van der Waals surface area (Å²) in [6.07, 6.45) is 3.07. The van der Waals surface area contributed by atoms with Crippen LogP contribution in [0.2, 0.25) is 0 Å². The summed E-state index contributed by atoms with van der Waals surface area (Å²) in [5, 5.41) is 3.34. The number of aromatic nitrogens is 2. The van der Waals surface area contributed by atoms with Crippen LogP contribution >= 0.6 is 0 Å². The van der Waals surface area contributed by atoms with Crippen LogP contribution in [-0.2, 0) is 0 Å². The molecule has 1 aromatic heterocycles. The Morgan fingerprint density at radius 3 is 2.50 bits per heavy atom. The summed E-state index contributed by atoms with van der Waals surface area (Å²) in [7, 11) is 2.02. The maximum Gasteiger partial charge on any atom is 0.0954 e. The van der Waals surface area contributed by atoms with Crippen molar-refractivity contribution in [2.45, 2.75) is 46.2 Å². The molecule has 2 atom stereocenters. The molecule has 2 unspecified atom stereocenters. The Kier molecular flexibility index (Phi) is 3.69. The molecule has 0 aliphatic rings. The monoisotopic (exact) mass is 195 g/mol. The topological polar surface area (TPSA) is 29.9 Å². The smallest absolute Gasteiger partial charge is 0.0954 e. The highest BCUT2D eigenvalue weighted by atomic mass is 15.1. The van der Waals surface area contributed by atoms with Gasteiger partial charge < -0.3 is 9.88 Å². The van der Waals surface area contributed by atoms with Crippen molar-refractivity contribution in [1.29, 1.82) is 0 Å². The van der Waals surface area contributed by atoms with Crippen molar-refractivity contribution in [3.63, 3.8) is 0 Å². The van der Waals surface area contributed by atoms with Crippen molar-refractivity contribution in [1.82, 2.24) is 14.9 Å². The summed E-state index contributed by atoms with van der Waals surface area (Å²) in [6, 6.07) is 0.980. The average molecular weight is 195 g/mol. The number of hydrogen-bond acceptors (Lipinski definition) is 2. The number of nitrogens with zero attached hydrogens (tertiary/aromatic N) is 2. The van der Waals surface area contributed by atoms with Gasteiger partial charge in [-0.15, -0.1) is 0 Å². The molecule has 1 heterocycles. The zero-order valence-corrected chi connectivity index (χ0v) is 9.83. The van der Waals surface area contributed by atoms with E-state index in [1.165, 1.54) is 5.69 Å². The van der Waals surface area contributed by atoms with Crippen molar-refractivity contribution < 1.29 is 0 Å². The number of rotatable bonds is 4. The molecule has 3 heteroatoms. The molecule has 80 valence electrons. The van der Waals surface area contributed by atoms with Gasteiger partial charge in [-0.05, 0) is 34.2 Å². The first-order chi connectivity index (χ1) is 6.61. The molecule has 1 aromatic rings. The zero-order valence-electron chi connectivity index (χ0n) is 9.83. The molecule has 1 N–H and O–H groups in total. The highest BCUT2D eigenvalue weighted by Crippen LogP contribution is 2.17. The highest BCUT2D eigenvalue weighted by Gasteiger charge is 2.16. The lowest BCUT2D eigenvalue weighted by atomic mass is 10.1. The first-order valence-electron chi connectivity index (χ1n) is 5.29. The Morgan fingerprint density at radius 2 is 2.14 bits per heavy atom. The van der Waals surface area contributed by atoms with Gasteiger partial charge in [0.1, 0.15) is 0 Å². The predicted molar refractivity (Wildman–Crippen MR) is 59.6 cm³/mol. The van der Waals surface area contributed by atoms with E-state index in [-0.39, 0.29) is 0 Å². The summed E-state index contributed by atoms with van der Waals surface area (Å²) in [5.74, 6) is 0. The van der Waals surface area contributed by atoms with Crippen LogP contribution in [-0.4, -0.2) is 22.6 Å². The molecule has 0 spiro atoms. The van der Waals surface area contributed by atoms with E-state index in [2.05, 4.69) is 42.6 Å². The van der Waals surface area contributed by atoms with Gasteiger partial charge in [0.05, 0.1) is 12.0 Å². The largest absolute Gasteiger partial charge is 0.330 e. The zero-order chi connectivity index (χ0) is 10.7. The van der Waals surface area contributed by atoms with E-state index in [9.17, 15) is 0 Å². The molecule has 14 heavy (non-hydrogen) atoms. The van der Waals surface area contributed by atoms with Crippen molar-refractivity contribution >= 4 is 0 Å². The Balaban J connectivity index is 2.87. The van der Waals surface area contributed by atoms with Crippen LogP contribution in [0.5, 0.6) is 0 Å². The second-order valence-electron chi connectivity index (χ2n) is 3.87. The van der Waals surface area contributed by atoms with E-state index in [0.717, 1.165) is 12.1 Å². The van der Waals surface area contributed by atoms with E-state index < -0.39 is 0 Å². The molecule has 0 amide bonds. The normalized spacial score (nSPS) is 15.5. The summed E-state index contributed by atoms with van der Waals surface area (Å²) in [6.45, 7) is 8.62. The van der Waals surface area contributed by atoms with Gasteiger partial charge in [0, 0.05) is 17.8 Å². The summed E-state index contributed by atoms with van der Waals surface area (Å²) >= 11 is 0. The van der Waals surface area contributed by atoms with Crippen molar-refractivity contribution in [3.8, 4) is 0 Å². The van der Waals surface area contributed by atoms with Crippen LogP contribution in [0.15, 0.2) is 6.33 Å². The van der Waals surface area contributed by atoms with E-state index in [1.54, 1.807) is 0 Å². The number of nitrogens with one attached hydrogen (secondary N) is 1. The lowest BCUT2D eigenvalue weighted by Crippen LogP contribution is -2.33. The molecule has 0 aromatic carbocycles. The third kappa shape index (κ3) is 1.98. The first kappa shape index (κ1) is 11.2. The molecule has 1 rings (SSSR count). The summed E-state index contributed by atoms with van der Waals surface area (Å²) < 4.78 is 2.25. The SMILES string of the molecule is CCC(NC)C(C)n1cnc(C)c1C. The summed E-state index contributed by atoms with van der Waals surface area (Å²) in [4.78, 5) is 4.32. The van der Waals surface area contributed by atoms with Crippen LogP contribution in [0.25, 0.3) is 0 Å². The lowest BCUT2D eigenvalue weighted by molar-refractivity contribution is 0.376. The standard InChI is InChI=1S/C11H21N3/c1-6-11(12-5)10(4)14-7-13-8(2)9(14)3/h7,10-12H,6H2,1-5H3. The predicted octanol–water partition coefficient (Wildman–Crippen LogP) is 2.06. The minimum Gasteiger partial charge on any atom is -0.330 e. The average Bonchev–Trinajstić information content (AvgIpc) is 2.49. The molecule has 0 radical (unpaired) electrons.